The van der Waals surface area contributed by atoms with Gasteiger partial charge in [-0.25, -0.2) is 0 Å². The fraction of sp³-hybridized carbons (Fsp3) is 0.375. The predicted molar refractivity (Wildman–Crippen MR) is 86.4 cm³/mol. The van der Waals surface area contributed by atoms with E-state index in [1.165, 1.54) is 4.90 Å². The van der Waals surface area contributed by atoms with Crippen LogP contribution in [0.1, 0.15) is 13.3 Å². The monoisotopic (exact) mass is 407 g/mol. The van der Waals surface area contributed by atoms with Crippen molar-refractivity contribution in [3.05, 3.63) is 42.3 Å². The van der Waals surface area contributed by atoms with Crippen molar-refractivity contribution in [2.45, 2.75) is 25.4 Å². The van der Waals surface area contributed by atoms with Crippen LogP contribution < -0.4 is 15.0 Å². The Morgan fingerprint density at radius 3 is 2.88 bits per heavy atom. The van der Waals surface area contributed by atoms with Crippen molar-refractivity contribution in [1.82, 2.24) is 5.32 Å². The number of hydrogen-bond donors (Lipinski definition) is 2. The first-order valence-electron chi connectivity index (χ1n) is 7.29. The minimum absolute atomic E-state index is 0. The van der Waals surface area contributed by atoms with E-state index in [1.54, 1.807) is 31.2 Å². The second-order valence-electron chi connectivity index (χ2n) is 5.49. The van der Waals surface area contributed by atoms with Gasteiger partial charge in [0.2, 0.25) is 11.8 Å². The van der Waals surface area contributed by atoms with Crippen LogP contribution in [0.5, 0.6) is 5.75 Å². The molecule has 0 saturated carbocycles. The molecule has 0 unspecified atom stereocenters. The smallest absolute Gasteiger partial charge is 0.240 e. The number of aliphatic hydroxyl groups excluding tert-OH is 1. The van der Waals surface area contributed by atoms with Gasteiger partial charge in [-0.15, -0.1) is 0 Å². The Morgan fingerprint density at radius 2 is 2.21 bits per heavy atom. The number of para-hydroxylation sites is 2. The zero-order chi connectivity index (χ0) is 17.0. The summed E-state index contributed by atoms with van der Waals surface area (Å²) in [7, 11) is 0. The van der Waals surface area contributed by atoms with Crippen LogP contribution in [-0.2, 0) is 42.3 Å². The zero-order valence-corrected chi connectivity index (χ0v) is 16.3. The first-order valence-corrected chi connectivity index (χ1v) is 7.29. The Bertz CT molecular complexity index is 623. The van der Waals surface area contributed by atoms with Crippen molar-refractivity contribution in [3.8, 4) is 5.75 Å². The number of anilines is 1. The maximum atomic E-state index is 12.3. The Hall–Kier alpha value is -1.44. The molecular formula is C16H20N3O4Y-. The number of nitrogens with zero attached hydrogens (tertiary/aromatic N) is 1. The number of nitrogens with one attached hydrogen (secondary N) is 2. The van der Waals surface area contributed by atoms with Crippen molar-refractivity contribution in [1.29, 1.82) is 0 Å². The molecule has 0 aliphatic carbocycles. The number of fused-ring (bicyclic) bond motifs is 1. The minimum Gasteiger partial charge on any atom is -0.664 e. The summed E-state index contributed by atoms with van der Waals surface area (Å²) >= 11 is 0. The molecule has 0 aromatic heterocycles. The standard InChI is InChI=1S/C16H20N3O4.Y/c1-10(7-11(2)20)18-15(21)8-19-13-5-3-4-6-14(13)23-9-12(17)16(19)22;/h3-6,10,12,17,20H,2,7-9H2,1H3,(H,18,21);/q-1;/t10-,12+;/m1./s1. The second kappa shape index (κ2) is 9.15. The number of rotatable bonds is 5. The van der Waals surface area contributed by atoms with Crippen LogP contribution in [0.15, 0.2) is 36.6 Å². The van der Waals surface area contributed by atoms with Crippen LogP contribution in [0, 0.1) is 0 Å². The van der Waals surface area contributed by atoms with E-state index in [9.17, 15) is 9.59 Å². The molecule has 1 aromatic carbocycles. The van der Waals surface area contributed by atoms with Crippen LogP contribution in [0.25, 0.3) is 5.73 Å². The Labute approximate surface area is 166 Å². The van der Waals surface area contributed by atoms with Crippen molar-refractivity contribution >= 4 is 17.5 Å². The average Bonchev–Trinajstić information content (AvgIpc) is 2.59. The molecule has 7 nitrogen and oxygen atoms in total. The summed E-state index contributed by atoms with van der Waals surface area (Å²) in [6.07, 6.45) is 0.237. The third-order valence-electron chi connectivity index (χ3n) is 3.38. The van der Waals surface area contributed by atoms with Gasteiger partial charge in [0.15, 0.2) is 0 Å². The van der Waals surface area contributed by atoms with Gasteiger partial charge in [0.1, 0.15) is 12.3 Å². The van der Waals surface area contributed by atoms with Crippen LogP contribution in [0.2, 0.25) is 0 Å². The molecule has 1 aliphatic heterocycles. The molecule has 2 rings (SSSR count). The fourth-order valence-corrected chi connectivity index (χ4v) is 2.39. The van der Waals surface area contributed by atoms with Crippen molar-refractivity contribution in [3.63, 3.8) is 0 Å². The SMILES string of the molecule is C=C(O)C[C@@H](C)NC(=O)CN1C(=O)[C@@H]([NH-])COc2ccccc21.[Y]. The number of amides is 2. The molecule has 0 saturated heterocycles. The number of carbonyl (C=O) groups excluding carboxylic acids is 2. The van der Waals surface area contributed by atoms with Crippen molar-refractivity contribution in [2.75, 3.05) is 18.1 Å². The van der Waals surface area contributed by atoms with Gasteiger partial charge in [0, 0.05) is 45.2 Å². The van der Waals surface area contributed by atoms with Crippen molar-refractivity contribution in [2.24, 2.45) is 0 Å². The molecule has 3 N–H and O–H groups in total. The molecule has 1 aliphatic rings. The van der Waals surface area contributed by atoms with Gasteiger partial charge < -0.3 is 25.8 Å². The fourth-order valence-electron chi connectivity index (χ4n) is 2.39. The Morgan fingerprint density at radius 1 is 1.54 bits per heavy atom. The summed E-state index contributed by atoms with van der Waals surface area (Å²) in [5, 5.41) is 11.8. The van der Waals surface area contributed by atoms with Gasteiger partial charge in [0.05, 0.1) is 18.1 Å². The molecular weight excluding hydrogens is 387 g/mol. The van der Waals surface area contributed by atoms with Crippen LogP contribution in [-0.4, -0.2) is 42.2 Å². The van der Waals surface area contributed by atoms with E-state index in [2.05, 4.69) is 11.9 Å². The van der Waals surface area contributed by atoms with Gasteiger partial charge in [-0.3, -0.25) is 9.59 Å². The van der Waals surface area contributed by atoms with E-state index in [1.807, 2.05) is 0 Å². The number of hydrogen-bond acceptors (Lipinski definition) is 4. The summed E-state index contributed by atoms with van der Waals surface area (Å²) in [6, 6.07) is 5.50. The first-order chi connectivity index (χ1) is 10.9. The van der Waals surface area contributed by atoms with Gasteiger partial charge in [-0.2, -0.15) is 0 Å². The van der Waals surface area contributed by atoms with E-state index in [4.69, 9.17) is 15.6 Å². The van der Waals surface area contributed by atoms with Gasteiger partial charge >= 0.3 is 0 Å². The quantitative estimate of drug-likeness (QED) is 0.727. The summed E-state index contributed by atoms with van der Waals surface area (Å²) in [5.74, 6) is -0.408. The molecule has 0 bridgehead atoms. The molecule has 1 radical (unpaired) electrons. The van der Waals surface area contributed by atoms with E-state index >= 15 is 0 Å². The molecule has 8 heteroatoms. The molecule has 24 heavy (non-hydrogen) atoms. The van der Waals surface area contributed by atoms with Crippen LogP contribution in [0.3, 0.4) is 0 Å². The largest absolute Gasteiger partial charge is 0.664 e. The third-order valence-corrected chi connectivity index (χ3v) is 3.38. The first kappa shape index (κ1) is 20.6. The number of aliphatic hydroxyl groups is 1. The summed E-state index contributed by atoms with van der Waals surface area (Å²) in [5.41, 5.74) is 8.28. The van der Waals surface area contributed by atoms with Crippen LogP contribution >= 0.6 is 0 Å². The summed E-state index contributed by atoms with van der Waals surface area (Å²) in [6.45, 7) is 4.85. The van der Waals surface area contributed by atoms with Gasteiger partial charge in [-0.05, 0) is 25.1 Å². The van der Waals surface area contributed by atoms with E-state index in [-0.39, 0.29) is 70.0 Å². The van der Waals surface area contributed by atoms with Gasteiger partial charge in [0.25, 0.3) is 0 Å². The maximum Gasteiger partial charge on any atom is 0.240 e. The van der Waals surface area contributed by atoms with Gasteiger partial charge in [-0.1, -0.05) is 18.7 Å². The van der Waals surface area contributed by atoms with E-state index in [0.717, 1.165) is 0 Å². The number of ether oxygens (including phenoxy) is 1. The topological polar surface area (TPSA) is 103 Å². The molecule has 2 atom stereocenters. The second-order valence-corrected chi connectivity index (χ2v) is 5.49. The minimum atomic E-state index is -1.08. The number of benzene rings is 1. The van der Waals surface area contributed by atoms with Crippen LogP contribution in [0.4, 0.5) is 5.69 Å². The normalized spacial score (nSPS) is 17.7. The predicted octanol–water partition coefficient (Wildman–Crippen LogP) is 1.80. The Kier molecular flexibility index (Phi) is 7.86. The Balaban J connectivity index is 0.00000288. The zero-order valence-electron chi connectivity index (χ0n) is 13.5. The van der Waals surface area contributed by atoms with Crippen molar-refractivity contribution < 1.29 is 52.1 Å². The molecule has 0 spiro atoms. The molecule has 127 valence electrons. The summed E-state index contributed by atoms with van der Waals surface area (Å²) in [4.78, 5) is 25.8. The maximum absolute atomic E-state index is 12.3. The molecule has 1 heterocycles. The number of carbonyl (C=O) groups is 2. The van der Waals surface area contributed by atoms with E-state index in [0.29, 0.717) is 11.4 Å². The molecule has 1 aromatic rings. The average molecular weight is 407 g/mol. The molecule has 2 amide bonds. The third kappa shape index (κ3) is 5.29. The molecule has 0 fully saturated rings. The van der Waals surface area contributed by atoms with E-state index < -0.39 is 11.9 Å². The summed E-state index contributed by atoms with van der Waals surface area (Å²) < 4.78 is 5.45.